The highest BCUT2D eigenvalue weighted by atomic mass is 79.9. The van der Waals surface area contributed by atoms with Gasteiger partial charge in [0.15, 0.2) is 5.82 Å². The van der Waals surface area contributed by atoms with Gasteiger partial charge in [0.05, 0.1) is 8.66 Å². The molecule has 2 aromatic heterocycles. The molecule has 2 N–H and O–H groups in total. The van der Waals surface area contributed by atoms with E-state index in [1.165, 1.54) is 15.9 Å². The first-order valence-corrected chi connectivity index (χ1v) is 8.61. The van der Waals surface area contributed by atoms with Crippen molar-refractivity contribution in [1.29, 1.82) is 0 Å². The van der Waals surface area contributed by atoms with E-state index in [2.05, 4.69) is 26.1 Å². The SMILES string of the molecule is Cc1cc(-c2nnc(S(N)(=O)=O)n2C(C)C)sc1Br. The number of nitrogens with two attached hydrogens (primary N) is 1. The number of thiophene rings is 1. The third-order valence-electron chi connectivity index (χ3n) is 2.51. The van der Waals surface area contributed by atoms with Gasteiger partial charge in [0.25, 0.3) is 15.2 Å². The Morgan fingerprint density at radius 3 is 2.47 bits per heavy atom. The third-order valence-corrected chi connectivity index (χ3v) is 5.43. The van der Waals surface area contributed by atoms with Crippen LogP contribution in [0.25, 0.3) is 10.7 Å². The normalized spacial score (nSPS) is 12.3. The van der Waals surface area contributed by atoms with Crippen LogP contribution in [0.2, 0.25) is 0 Å². The summed E-state index contributed by atoms with van der Waals surface area (Å²) in [6.45, 7) is 5.68. The molecule has 0 bridgehead atoms. The summed E-state index contributed by atoms with van der Waals surface area (Å²) in [4.78, 5) is 0.848. The van der Waals surface area contributed by atoms with E-state index < -0.39 is 10.0 Å². The fourth-order valence-electron chi connectivity index (χ4n) is 1.67. The molecule has 6 nitrogen and oxygen atoms in total. The molecule has 0 spiro atoms. The van der Waals surface area contributed by atoms with Crippen LogP contribution in [0.3, 0.4) is 0 Å². The fourth-order valence-corrected chi connectivity index (χ4v) is 3.92. The Labute approximate surface area is 123 Å². The van der Waals surface area contributed by atoms with Crippen LogP contribution in [0.4, 0.5) is 0 Å². The zero-order valence-electron chi connectivity index (χ0n) is 10.6. The molecular formula is C10H13BrN4O2S2. The summed E-state index contributed by atoms with van der Waals surface area (Å²) in [5.41, 5.74) is 1.07. The van der Waals surface area contributed by atoms with Crippen LogP contribution in [0.15, 0.2) is 15.0 Å². The molecular weight excluding hydrogens is 352 g/mol. The van der Waals surface area contributed by atoms with Crippen molar-refractivity contribution in [3.05, 3.63) is 15.4 Å². The number of sulfonamides is 1. The van der Waals surface area contributed by atoms with Gasteiger partial charge in [-0.3, -0.25) is 4.57 Å². The molecule has 19 heavy (non-hydrogen) atoms. The van der Waals surface area contributed by atoms with Crippen LogP contribution < -0.4 is 5.14 Å². The molecule has 0 radical (unpaired) electrons. The molecule has 104 valence electrons. The van der Waals surface area contributed by atoms with E-state index in [9.17, 15) is 8.42 Å². The first-order chi connectivity index (χ1) is 8.71. The molecule has 2 heterocycles. The summed E-state index contributed by atoms with van der Waals surface area (Å²) in [6, 6.07) is 1.82. The third kappa shape index (κ3) is 2.73. The molecule has 0 unspecified atom stereocenters. The molecule has 9 heteroatoms. The van der Waals surface area contributed by atoms with E-state index in [1.54, 1.807) is 0 Å². The Morgan fingerprint density at radius 1 is 1.42 bits per heavy atom. The van der Waals surface area contributed by atoms with Crippen molar-refractivity contribution < 1.29 is 8.42 Å². The summed E-state index contributed by atoms with van der Waals surface area (Å²) in [5, 5.41) is 12.6. The highest BCUT2D eigenvalue weighted by molar-refractivity contribution is 9.11. The lowest BCUT2D eigenvalue weighted by atomic mass is 10.3. The Kier molecular flexibility index (Phi) is 3.83. The van der Waals surface area contributed by atoms with Gasteiger partial charge in [0, 0.05) is 6.04 Å². The number of nitrogens with zero attached hydrogens (tertiary/aromatic N) is 3. The molecule has 2 rings (SSSR count). The lowest BCUT2D eigenvalue weighted by molar-refractivity contribution is 0.525. The van der Waals surface area contributed by atoms with E-state index in [0.29, 0.717) is 5.82 Å². The largest absolute Gasteiger partial charge is 0.294 e. The molecule has 0 saturated heterocycles. The van der Waals surface area contributed by atoms with Crippen LogP contribution in [0, 0.1) is 6.92 Å². The Hall–Kier alpha value is -0.770. The van der Waals surface area contributed by atoms with Gasteiger partial charge >= 0.3 is 0 Å². The smallest absolute Gasteiger partial charge is 0.273 e. The highest BCUT2D eigenvalue weighted by Gasteiger charge is 2.24. The fraction of sp³-hybridized carbons (Fsp3) is 0.400. The van der Waals surface area contributed by atoms with Gasteiger partial charge in [-0.05, 0) is 48.3 Å². The number of hydrogen-bond acceptors (Lipinski definition) is 5. The van der Waals surface area contributed by atoms with E-state index in [0.717, 1.165) is 14.2 Å². The number of halogens is 1. The van der Waals surface area contributed by atoms with Gasteiger partial charge in [-0.1, -0.05) is 0 Å². The second-order valence-corrected chi connectivity index (χ2v) is 8.21. The first-order valence-electron chi connectivity index (χ1n) is 5.46. The zero-order valence-corrected chi connectivity index (χ0v) is 13.8. The molecule has 0 atom stereocenters. The van der Waals surface area contributed by atoms with Gasteiger partial charge in [-0.15, -0.1) is 21.5 Å². The number of aromatic nitrogens is 3. The van der Waals surface area contributed by atoms with Crippen LogP contribution in [0.5, 0.6) is 0 Å². The predicted octanol–water partition coefficient (Wildman–Crippen LogP) is 2.31. The van der Waals surface area contributed by atoms with Crippen LogP contribution in [-0.4, -0.2) is 23.2 Å². The van der Waals surface area contributed by atoms with E-state index in [4.69, 9.17) is 5.14 Å². The Bertz CT molecular complexity index is 698. The molecule has 0 aliphatic heterocycles. The minimum absolute atomic E-state index is 0.112. The van der Waals surface area contributed by atoms with Crippen molar-refractivity contribution in [2.24, 2.45) is 5.14 Å². The minimum Gasteiger partial charge on any atom is -0.294 e. The number of hydrogen-bond donors (Lipinski definition) is 1. The number of primary sulfonamides is 1. The van der Waals surface area contributed by atoms with Gasteiger partial charge in [0.2, 0.25) is 0 Å². The number of rotatable bonds is 3. The average molecular weight is 365 g/mol. The molecule has 0 saturated carbocycles. The molecule has 0 aliphatic rings. The number of aryl methyl sites for hydroxylation is 1. The molecule has 0 aromatic carbocycles. The van der Waals surface area contributed by atoms with E-state index in [-0.39, 0.29) is 11.2 Å². The standard InChI is InChI=1S/C10H13BrN4O2S2/c1-5(2)15-9(7-4-6(3)8(11)18-7)13-14-10(15)19(12,16)17/h4-5H,1-3H3,(H2,12,16,17). The van der Waals surface area contributed by atoms with Crippen LogP contribution in [-0.2, 0) is 10.0 Å². The van der Waals surface area contributed by atoms with E-state index in [1.807, 2.05) is 26.8 Å². The van der Waals surface area contributed by atoms with Crippen molar-refractivity contribution in [3.63, 3.8) is 0 Å². The summed E-state index contributed by atoms with van der Waals surface area (Å²) in [5.74, 6) is 0.512. The quantitative estimate of drug-likeness (QED) is 0.904. The lowest BCUT2D eigenvalue weighted by Crippen LogP contribution is -2.19. The minimum atomic E-state index is -3.89. The van der Waals surface area contributed by atoms with Crippen LogP contribution in [0.1, 0.15) is 25.5 Å². The first kappa shape index (κ1) is 14.6. The zero-order chi connectivity index (χ0) is 14.4. The van der Waals surface area contributed by atoms with Crippen molar-refractivity contribution in [2.45, 2.75) is 32.0 Å². The van der Waals surface area contributed by atoms with Crippen molar-refractivity contribution >= 4 is 37.3 Å². The molecule has 0 aliphatic carbocycles. The van der Waals surface area contributed by atoms with Gasteiger partial charge in [0.1, 0.15) is 0 Å². The van der Waals surface area contributed by atoms with Crippen molar-refractivity contribution in [3.8, 4) is 10.7 Å². The highest BCUT2D eigenvalue weighted by Crippen LogP contribution is 2.35. The maximum Gasteiger partial charge on any atom is 0.273 e. The monoisotopic (exact) mass is 364 g/mol. The van der Waals surface area contributed by atoms with Crippen molar-refractivity contribution in [2.75, 3.05) is 0 Å². The molecule has 0 fully saturated rings. The second kappa shape index (κ2) is 4.97. The summed E-state index contributed by atoms with van der Waals surface area (Å²) < 4.78 is 25.6. The average Bonchev–Trinajstić information content (AvgIpc) is 2.82. The molecule has 0 amide bonds. The topological polar surface area (TPSA) is 90.9 Å². The van der Waals surface area contributed by atoms with Crippen molar-refractivity contribution in [1.82, 2.24) is 14.8 Å². The van der Waals surface area contributed by atoms with Gasteiger partial charge in [-0.2, -0.15) is 0 Å². The maximum absolute atomic E-state index is 11.5. The van der Waals surface area contributed by atoms with E-state index >= 15 is 0 Å². The van der Waals surface area contributed by atoms with Gasteiger partial charge < -0.3 is 0 Å². The summed E-state index contributed by atoms with van der Waals surface area (Å²) in [6.07, 6.45) is 0. The summed E-state index contributed by atoms with van der Waals surface area (Å²) >= 11 is 4.92. The Balaban J connectivity index is 2.69. The Morgan fingerprint density at radius 2 is 2.05 bits per heavy atom. The molecule has 2 aromatic rings. The van der Waals surface area contributed by atoms with Crippen LogP contribution >= 0.6 is 27.3 Å². The lowest BCUT2D eigenvalue weighted by Gasteiger charge is -2.11. The summed E-state index contributed by atoms with van der Waals surface area (Å²) in [7, 11) is -3.89. The van der Waals surface area contributed by atoms with Gasteiger partial charge in [-0.25, -0.2) is 13.6 Å². The predicted molar refractivity (Wildman–Crippen MR) is 77.5 cm³/mol. The maximum atomic E-state index is 11.5. The second-order valence-electron chi connectivity index (χ2n) is 4.38.